The monoisotopic (exact) mass is 422 g/mol. The predicted molar refractivity (Wildman–Crippen MR) is 108 cm³/mol. The Kier molecular flexibility index (Phi) is 8.58. The number of halogens is 1. The van der Waals surface area contributed by atoms with Crippen LogP contribution in [-0.2, 0) is 16.1 Å². The maximum atomic E-state index is 12.6. The smallest absolute Gasteiger partial charge is 0.411 e. The number of ether oxygens (including phenoxy) is 1. The van der Waals surface area contributed by atoms with E-state index < -0.39 is 11.7 Å². The molecule has 0 aromatic heterocycles. The molecule has 26 heavy (non-hydrogen) atoms. The molecule has 1 rings (SSSR count). The van der Waals surface area contributed by atoms with Gasteiger partial charge in [0.25, 0.3) is 0 Å². The van der Waals surface area contributed by atoms with Crippen molar-refractivity contribution in [3.63, 3.8) is 0 Å². The van der Waals surface area contributed by atoms with Crippen molar-refractivity contribution in [1.29, 1.82) is 0 Å². The van der Waals surface area contributed by atoms with Gasteiger partial charge in [-0.3, -0.25) is 9.69 Å². The zero-order valence-electron chi connectivity index (χ0n) is 15.7. The minimum atomic E-state index is -0.645. The van der Waals surface area contributed by atoms with Gasteiger partial charge in [0.15, 0.2) is 0 Å². The van der Waals surface area contributed by atoms with E-state index in [1.165, 1.54) is 4.90 Å². The molecule has 0 saturated carbocycles. The molecule has 0 aliphatic rings. The molecule has 0 fully saturated rings. The van der Waals surface area contributed by atoms with Gasteiger partial charge in [0.2, 0.25) is 5.91 Å². The van der Waals surface area contributed by atoms with Crippen LogP contribution in [-0.4, -0.2) is 47.0 Å². The first kappa shape index (κ1) is 22.0. The molecule has 1 aromatic carbocycles. The minimum Gasteiger partial charge on any atom is -0.444 e. The fraction of sp³-hybridized carbons (Fsp3) is 0.400. The highest BCUT2D eigenvalue weighted by Gasteiger charge is 2.26. The topological polar surface area (TPSA) is 49.9 Å². The van der Waals surface area contributed by atoms with Crippen LogP contribution in [0.5, 0.6) is 0 Å². The van der Waals surface area contributed by atoms with Crippen LogP contribution < -0.4 is 0 Å². The lowest BCUT2D eigenvalue weighted by Crippen LogP contribution is -2.44. The quantitative estimate of drug-likeness (QED) is 0.583. The Labute approximate surface area is 164 Å². The second-order valence-corrected chi connectivity index (χ2v) is 7.66. The van der Waals surface area contributed by atoms with Gasteiger partial charge in [0, 0.05) is 17.6 Å². The summed E-state index contributed by atoms with van der Waals surface area (Å²) in [5.41, 5.74) is 0.249. The minimum absolute atomic E-state index is 0.0854. The third kappa shape index (κ3) is 7.44. The Morgan fingerprint density at radius 2 is 1.69 bits per heavy atom. The van der Waals surface area contributed by atoms with Gasteiger partial charge in [-0.1, -0.05) is 46.3 Å². The highest BCUT2D eigenvalue weighted by atomic mass is 79.9. The molecule has 0 unspecified atom stereocenters. The second-order valence-electron chi connectivity index (χ2n) is 6.80. The summed E-state index contributed by atoms with van der Waals surface area (Å²) in [5, 5.41) is 0. The van der Waals surface area contributed by atoms with E-state index in [0.29, 0.717) is 13.1 Å². The molecule has 0 atom stereocenters. The summed E-state index contributed by atoms with van der Waals surface area (Å²) in [5.74, 6) is -0.192. The summed E-state index contributed by atoms with van der Waals surface area (Å²) in [6, 6.07) is 7.58. The molecule has 0 radical (unpaired) electrons. The molecule has 1 aromatic rings. The highest BCUT2D eigenvalue weighted by molar-refractivity contribution is 9.10. The molecule has 0 bridgehead atoms. The molecule has 0 aliphatic carbocycles. The molecular formula is C20H27BrN2O3. The zero-order chi connectivity index (χ0) is 19.7. The Hall–Kier alpha value is -2.08. The van der Waals surface area contributed by atoms with Gasteiger partial charge in [-0.15, -0.1) is 13.2 Å². The third-order valence-corrected chi connectivity index (χ3v) is 4.12. The number of carbonyl (C=O) groups is 2. The first-order valence-electron chi connectivity index (χ1n) is 8.39. The van der Waals surface area contributed by atoms with E-state index in [2.05, 4.69) is 29.1 Å². The number of hydrogen-bond donors (Lipinski definition) is 0. The summed E-state index contributed by atoms with van der Waals surface area (Å²) in [4.78, 5) is 28.3. The van der Waals surface area contributed by atoms with Crippen LogP contribution in [0.1, 0.15) is 26.3 Å². The maximum Gasteiger partial charge on any atom is 0.411 e. The second kappa shape index (κ2) is 10.2. The van der Waals surface area contributed by atoms with Crippen molar-refractivity contribution in [2.24, 2.45) is 0 Å². The van der Waals surface area contributed by atoms with E-state index in [4.69, 9.17) is 4.74 Å². The number of amides is 2. The molecule has 5 nitrogen and oxygen atoms in total. The van der Waals surface area contributed by atoms with Crippen LogP contribution in [0.2, 0.25) is 0 Å². The lowest BCUT2D eigenvalue weighted by molar-refractivity contribution is -0.131. The number of nitrogens with zero attached hydrogens (tertiary/aromatic N) is 2. The fourth-order valence-electron chi connectivity index (χ4n) is 2.20. The van der Waals surface area contributed by atoms with Gasteiger partial charge in [-0.25, -0.2) is 4.79 Å². The Balaban J connectivity index is 3.01. The first-order valence-corrected chi connectivity index (χ1v) is 9.18. The summed E-state index contributed by atoms with van der Waals surface area (Å²) in [6.45, 7) is 13.7. The van der Waals surface area contributed by atoms with Crippen molar-refractivity contribution in [3.8, 4) is 0 Å². The summed E-state index contributed by atoms with van der Waals surface area (Å²) < 4.78 is 6.34. The molecule has 0 aliphatic heterocycles. The molecule has 0 saturated heterocycles. The molecule has 2 amide bonds. The summed E-state index contributed by atoms with van der Waals surface area (Å²) in [6.07, 6.45) is 2.76. The van der Waals surface area contributed by atoms with Gasteiger partial charge < -0.3 is 9.64 Å². The van der Waals surface area contributed by atoms with Crippen LogP contribution in [0.25, 0.3) is 0 Å². The molecule has 0 spiro atoms. The van der Waals surface area contributed by atoms with Crippen LogP contribution in [0.15, 0.2) is 54.0 Å². The van der Waals surface area contributed by atoms with E-state index in [1.54, 1.807) is 37.8 Å². The van der Waals surface area contributed by atoms with E-state index in [9.17, 15) is 9.59 Å². The zero-order valence-corrected chi connectivity index (χ0v) is 17.3. The standard InChI is InChI=1S/C20H27BrN2O3/c1-6-12-22(13-7-2)18(24)15-23(19(25)26-20(3,4)5)14-16-10-8-9-11-17(16)21/h6-11H,1-2,12-15H2,3-5H3. The maximum absolute atomic E-state index is 12.6. The van der Waals surface area contributed by atoms with Crippen LogP contribution in [0.4, 0.5) is 4.79 Å². The van der Waals surface area contributed by atoms with E-state index in [0.717, 1.165) is 10.0 Å². The van der Waals surface area contributed by atoms with Gasteiger partial charge in [-0.05, 0) is 32.4 Å². The number of hydrogen-bond acceptors (Lipinski definition) is 3. The number of rotatable bonds is 8. The Morgan fingerprint density at radius 3 is 2.19 bits per heavy atom. The predicted octanol–water partition coefficient (Wildman–Crippen LogP) is 4.39. The normalized spacial score (nSPS) is 10.8. The molecule has 0 N–H and O–H groups in total. The lowest BCUT2D eigenvalue weighted by atomic mass is 10.2. The van der Waals surface area contributed by atoms with Gasteiger partial charge in [0.1, 0.15) is 12.1 Å². The van der Waals surface area contributed by atoms with Crippen molar-refractivity contribution in [1.82, 2.24) is 9.80 Å². The Morgan fingerprint density at radius 1 is 1.12 bits per heavy atom. The lowest BCUT2D eigenvalue weighted by Gasteiger charge is -2.29. The molecule has 0 heterocycles. The SMILES string of the molecule is C=CCN(CC=C)C(=O)CN(Cc1ccccc1Br)C(=O)OC(C)(C)C. The highest BCUT2D eigenvalue weighted by Crippen LogP contribution is 2.19. The van der Waals surface area contributed by atoms with Crippen LogP contribution in [0.3, 0.4) is 0 Å². The molecule has 142 valence electrons. The van der Waals surface area contributed by atoms with E-state index in [-0.39, 0.29) is 19.0 Å². The number of carbonyl (C=O) groups excluding carboxylic acids is 2. The van der Waals surface area contributed by atoms with Crippen molar-refractivity contribution in [2.75, 3.05) is 19.6 Å². The van der Waals surface area contributed by atoms with Crippen LogP contribution >= 0.6 is 15.9 Å². The first-order chi connectivity index (χ1) is 12.2. The average molecular weight is 423 g/mol. The van der Waals surface area contributed by atoms with Crippen molar-refractivity contribution in [3.05, 3.63) is 59.6 Å². The van der Waals surface area contributed by atoms with Crippen molar-refractivity contribution < 1.29 is 14.3 Å². The Bertz CT molecular complexity index is 643. The van der Waals surface area contributed by atoms with Gasteiger partial charge in [-0.2, -0.15) is 0 Å². The van der Waals surface area contributed by atoms with E-state index in [1.807, 2.05) is 24.3 Å². The summed E-state index contributed by atoms with van der Waals surface area (Å²) >= 11 is 3.48. The molecular weight excluding hydrogens is 396 g/mol. The van der Waals surface area contributed by atoms with Crippen LogP contribution in [0, 0.1) is 0 Å². The van der Waals surface area contributed by atoms with E-state index >= 15 is 0 Å². The fourth-order valence-corrected chi connectivity index (χ4v) is 2.61. The van der Waals surface area contributed by atoms with Gasteiger partial charge in [0.05, 0.1) is 6.54 Å². The molecule has 6 heteroatoms. The van der Waals surface area contributed by atoms with Gasteiger partial charge >= 0.3 is 6.09 Å². The van der Waals surface area contributed by atoms with Crippen molar-refractivity contribution in [2.45, 2.75) is 32.9 Å². The largest absolute Gasteiger partial charge is 0.444 e. The number of benzene rings is 1. The summed E-state index contributed by atoms with van der Waals surface area (Å²) in [7, 11) is 0. The third-order valence-electron chi connectivity index (χ3n) is 3.35. The van der Waals surface area contributed by atoms with Crippen molar-refractivity contribution >= 4 is 27.9 Å². The average Bonchev–Trinajstić information content (AvgIpc) is 2.54.